The smallest absolute Gasteiger partial charge is 0.443 e. The van der Waals surface area contributed by atoms with E-state index in [4.69, 9.17) is 4.74 Å². The van der Waals surface area contributed by atoms with E-state index in [0.29, 0.717) is 29.1 Å². The van der Waals surface area contributed by atoms with Crippen molar-refractivity contribution in [3.8, 4) is 22.6 Å². The zero-order chi connectivity index (χ0) is 21.7. The summed E-state index contributed by atoms with van der Waals surface area (Å²) < 4.78 is 49.1. The summed E-state index contributed by atoms with van der Waals surface area (Å²) >= 11 is 0. The number of nitrogens with one attached hydrogen (secondary N) is 1. The summed E-state index contributed by atoms with van der Waals surface area (Å²) in [7, 11) is 0. The van der Waals surface area contributed by atoms with E-state index in [0.717, 1.165) is 5.69 Å². The number of hydrogen-bond donors (Lipinski definition) is 1. The summed E-state index contributed by atoms with van der Waals surface area (Å²) in [4.78, 5) is 11.5. The lowest BCUT2D eigenvalue weighted by atomic mass is 10.0. The van der Waals surface area contributed by atoms with Crippen molar-refractivity contribution < 1.29 is 27.4 Å². The first-order valence-electron chi connectivity index (χ1n) is 9.18. The lowest BCUT2D eigenvalue weighted by Gasteiger charge is -2.14. The van der Waals surface area contributed by atoms with Crippen molar-refractivity contribution >= 4 is 6.09 Å². The van der Waals surface area contributed by atoms with Crippen LogP contribution in [0, 0.1) is 6.92 Å². The van der Waals surface area contributed by atoms with E-state index in [9.17, 15) is 18.0 Å². The zero-order valence-corrected chi connectivity index (χ0v) is 16.4. The Kier molecular flexibility index (Phi) is 6.29. The topological polar surface area (TPSA) is 65.4 Å². The number of aromatic nitrogens is 2. The maximum atomic E-state index is 12.7. The Labute approximate surface area is 171 Å². The molecule has 2 aromatic carbocycles. The van der Waals surface area contributed by atoms with Crippen molar-refractivity contribution in [2.45, 2.75) is 26.8 Å². The summed E-state index contributed by atoms with van der Waals surface area (Å²) in [6, 6.07) is 14.6. The number of carbonyl (C=O) groups excluding carboxylic acids is 1. The lowest BCUT2D eigenvalue weighted by Crippen LogP contribution is -2.23. The van der Waals surface area contributed by atoms with E-state index in [1.165, 1.54) is 12.1 Å². The molecular formula is C21H20F3N3O3. The number of aryl methyl sites for hydroxylation is 1. The van der Waals surface area contributed by atoms with Gasteiger partial charge < -0.3 is 14.8 Å². The summed E-state index contributed by atoms with van der Waals surface area (Å²) in [5.74, 6) is -0.282. The molecule has 1 aromatic heterocycles. The van der Waals surface area contributed by atoms with E-state index in [2.05, 4.69) is 15.2 Å². The molecule has 0 aliphatic heterocycles. The molecule has 1 heterocycles. The number of alkyl carbamates (subject to hydrolysis) is 1. The van der Waals surface area contributed by atoms with Crippen LogP contribution in [-0.4, -0.2) is 28.8 Å². The lowest BCUT2D eigenvalue weighted by molar-refractivity contribution is -0.274. The second-order valence-electron chi connectivity index (χ2n) is 6.39. The molecule has 0 aliphatic rings. The highest BCUT2D eigenvalue weighted by atomic mass is 19.4. The van der Waals surface area contributed by atoms with Gasteiger partial charge in [0.15, 0.2) is 0 Å². The van der Waals surface area contributed by atoms with Crippen LogP contribution < -0.4 is 10.1 Å². The Morgan fingerprint density at radius 1 is 1.13 bits per heavy atom. The minimum absolute atomic E-state index is 0.00161. The molecule has 1 N–H and O–H groups in total. The average molecular weight is 419 g/mol. The minimum atomic E-state index is -4.79. The molecule has 0 radical (unpaired) electrons. The van der Waals surface area contributed by atoms with Crippen LogP contribution in [0.15, 0.2) is 54.6 Å². The molecule has 9 heteroatoms. The molecule has 158 valence electrons. The van der Waals surface area contributed by atoms with Gasteiger partial charge in [-0.2, -0.15) is 5.10 Å². The fraction of sp³-hybridized carbons (Fsp3) is 0.238. The van der Waals surface area contributed by atoms with Crippen LogP contribution in [0.3, 0.4) is 0 Å². The Bertz CT molecular complexity index is 1030. The number of benzene rings is 2. The highest BCUT2D eigenvalue weighted by molar-refractivity contribution is 5.72. The normalized spacial score (nSPS) is 11.2. The quantitative estimate of drug-likeness (QED) is 0.611. The van der Waals surface area contributed by atoms with E-state index < -0.39 is 12.5 Å². The molecule has 0 unspecified atom stereocenters. The van der Waals surface area contributed by atoms with Gasteiger partial charge in [-0.15, -0.1) is 13.2 Å². The number of alkyl halides is 3. The van der Waals surface area contributed by atoms with E-state index >= 15 is 0 Å². The van der Waals surface area contributed by atoms with Gasteiger partial charge in [-0.05, 0) is 43.7 Å². The molecular weight excluding hydrogens is 399 g/mol. The number of ether oxygens (including phenoxy) is 2. The highest BCUT2D eigenvalue weighted by Crippen LogP contribution is 2.34. The highest BCUT2D eigenvalue weighted by Gasteiger charge is 2.32. The first-order chi connectivity index (χ1) is 14.3. The molecule has 0 fully saturated rings. The van der Waals surface area contributed by atoms with Crippen LogP contribution in [0.1, 0.15) is 18.3 Å². The van der Waals surface area contributed by atoms with Crippen LogP contribution in [0.25, 0.3) is 16.8 Å². The van der Waals surface area contributed by atoms with Crippen LogP contribution in [0.2, 0.25) is 0 Å². The van der Waals surface area contributed by atoms with Crippen LogP contribution >= 0.6 is 0 Å². The Hall–Kier alpha value is -3.49. The third kappa shape index (κ3) is 5.31. The summed E-state index contributed by atoms with van der Waals surface area (Å²) in [6.45, 7) is 4.07. The van der Waals surface area contributed by atoms with Crippen molar-refractivity contribution in [1.82, 2.24) is 15.1 Å². The predicted octanol–water partition coefficient (Wildman–Crippen LogP) is 4.99. The Balaban J connectivity index is 1.88. The van der Waals surface area contributed by atoms with Crippen LogP contribution in [0.4, 0.5) is 18.0 Å². The van der Waals surface area contributed by atoms with E-state index in [1.54, 1.807) is 54.1 Å². The standard InChI is InChI=1S/C21H20F3N3O3/c1-3-25-20(28)29-13-16-11-14(2)27(26-16)17-8-6-7-15(12-17)18-9-4-5-10-19(18)30-21(22,23)24/h4-12H,3,13H2,1-2H3,(H,25,28). The molecule has 3 rings (SSSR count). The number of hydrogen-bond acceptors (Lipinski definition) is 4. The zero-order valence-electron chi connectivity index (χ0n) is 16.4. The van der Waals surface area contributed by atoms with Gasteiger partial charge in [0.05, 0.1) is 5.69 Å². The summed E-state index contributed by atoms with van der Waals surface area (Å²) in [5.41, 5.74) is 2.83. The Morgan fingerprint density at radius 2 is 1.90 bits per heavy atom. The summed E-state index contributed by atoms with van der Waals surface area (Å²) in [6.07, 6.45) is -5.32. The maximum Gasteiger partial charge on any atom is 0.573 e. The fourth-order valence-corrected chi connectivity index (χ4v) is 2.93. The molecule has 0 saturated heterocycles. The summed E-state index contributed by atoms with van der Waals surface area (Å²) in [5, 5.41) is 6.96. The largest absolute Gasteiger partial charge is 0.573 e. The molecule has 0 bridgehead atoms. The second kappa shape index (κ2) is 8.89. The third-order valence-corrected chi connectivity index (χ3v) is 4.12. The number of para-hydroxylation sites is 1. The molecule has 1 amide bonds. The van der Waals surface area contributed by atoms with Gasteiger partial charge in [0.2, 0.25) is 0 Å². The Morgan fingerprint density at radius 3 is 2.63 bits per heavy atom. The van der Waals surface area contributed by atoms with Gasteiger partial charge in [-0.25, -0.2) is 9.48 Å². The molecule has 0 aliphatic carbocycles. The monoisotopic (exact) mass is 419 g/mol. The number of halogens is 3. The molecule has 0 saturated carbocycles. The van der Waals surface area contributed by atoms with Gasteiger partial charge in [-0.3, -0.25) is 0 Å². The third-order valence-electron chi connectivity index (χ3n) is 4.12. The van der Waals surface area contributed by atoms with Gasteiger partial charge in [0.1, 0.15) is 18.1 Å². The fourth-order valence-electron chi connectivity index (χ4n) is 2.93. The van der Waals surface area contributed by atoms with Crippen molar-refractivity contribution in [3.05, 3.63) is 66.0 Å². The second-order valence-corrected chi connectivity index (χ2v) is 6.39. The number of rotatable bonds is 6. The number of carbonyl (C=O) groups is 1. The maximum absolute atomic E-state index is 12.7. The minimum Gasteiger partial charge on any atom is -0.443 e. The van der Waals surface area contributed by atoms with Crippen LogP contribution in [-0.2, 0) is 11.3 Å². The van der Waals surface area contributed by atoms with Crippen molar-refractivity contribution in [2.24, 2.45) is 0 Å². The van der Waals surface area contributed by atoms with Crippen molar-refractivity contribution in [2.75, 3.05) is 6.54 Å². The van der Waals surface area contributed by atoms with Gasteiger partial charge >= 0.3 is 12.5 Å². The van der Waals surface area contributed by atoms with Gasteiger partial charge in [0.25, 0.3) is 0 Å². The average Bonchev–Trinajstić information content (AvgIpc) is 3.07. The number of nitrogens with zero attached hydrogens (tertiary/aromatic N) is 2. The van der Waals surface area contributed by atoms with Crippen LogP contribution in [0.5, 0.6) is 5.75 Å². The first kappa shape index (κ1) is 21.2. The van der Waals surface area contributed by atoms with Crippen molar-refractivity contribution in [1.29, 1.82) is 0 Å². The number of amides is 1. The van der Waals surface area contributed by atoms with Gasteiger partial charge in [0, 0.05) is 17.8 Å². The van der Waals surface area contributed by atoms with E-state index in [-0.39, 0.29) is 12.4 Å². The molecule has 6 nitrogen and oxygen atoms in total. The molecule has 30 heavy (non-hydrogen) atoms. The van der Waals surface area contributed by atoms with E-state index in [1.807, 2.05) is 6.92 Å². The predicted molar refractivity (Wildman–Crippen MR) is 104 cm³/mol. The first-order valence-corrected chi connectivity index (χ1v) is 9.18. The SMILES string of the molecule is CCNC(=O)OCc1cc(C)n(-c2cccc(-c3ccccc3OC(F)(F)F)c2)n1. The molecule has 0 atom stereocenters. The van der Waals surface area contributed by atoms with Crippen molar-refractivity contribution in [3.63, 3.8) is 0 Å². The van der Waals surface area contributed by atoms with Gasteiger partial charge in [-0.1, -0.05) is 30.3 Å². The molecule has 0 spiro atoms. The molecule has 3 aromatic rings.